The molecule has 8 heteroatoms. The van der Waals surface area contributed by atoms with Crippen LogP contribution in [0.3, 0.4) is 0 Å². The fraction of sp³-hybridized carbons (Fsp3) is 0. The van der Waals surface area contributed by atoms with Crippen molar-refractivity contribution in [2.75, 3.05) is 11.1 Å². The minimum Gasteiger partial charge on any atom is -0.397 e. The number of halogens is 1. The molecular weight excluding hydrogens is 312 g/mol. The minimum absolute atomic E-state index is 0.0811. The first-order chi connectivity index (χ1) is 9.81. The van der Waals surface area contributed by atoms with E-state index < -0.39 is 10.0 Å². The van der Waals surface area contributed by atoms with E-state index in [2.05, 4.69) is 5.32 Å². The maximum Gasteiger partial charge on any atom is 0.238 e. The van der Waals surface area contributed by atoms with E-state index in [0.29, 0.717) is 22.0 Å². The van der Waals surface area contributed by atoms with Crippen molar-refractivity contribution in [3.8, 4) is 6.07 Å². The summed E-state index contributed by atoms with van der Waals surface area (Å²) in [5.74, 6) is 0. The molecule has 21 heavy (non-hydrogen) atoms. The fourth-order valence-corrected chi connectivity index (χ4v) is 2.38. The highest BCUT2D eigenvalue weighted by Crippen LogP contribution is 2.30. The summed E-state index contributed by atoms with van der Waals surface area (Å²) in [5.41, 5.74) is 7.37. The Morgan fingerprint density at radius 2 is 1.86 bits per heavy atom. The van der Waals surface area contributed by atoms with Gasteiger partial charge in [0.15, 0.2) is 0 Å². The molecule has 0 spiro atoms. The van der Waals surface area contributed by atoms with Crippen LogP contribution in [0.4, 0.5) is 17.1 Å². The predicted molar refractivity (Wildman–Crippen MR) is 81.7 cm³/mol. The third kappa shape index (κ3) is 3.44. The Balaban J connectivity index is 2.39. The van der Waals surface area contributed by atoms with E-state index >= 15 is 0 Å². The van der Waals surface area contributed by atoms with Gasteiger partial charge in [-0.25, -0.2) is 13.6 Å². The van der Waals surface area contributed by atoms with Crippen LogP contribution in [-0.2, 0) is 10.0 Å². The summed E-state index contributed by atoms with van der Waals surface area (Å²) in [7, 11) is -3.81. The van der Waals surface area contributed by atoms with E-state index in [0.717, 1.165) is 0 Å². The third-order valence-corrected chi connectivity index (χ3v) is 3.96. The van der Waals surface area contributed by atoms with E-state index in [9.17, 15) is 8.42 Å². The Hall–Kier alpha value is -2.27. The first-order valence-electron chi connectivity index (χ1n) is 5.70. The Kier molecular flexibility index (Phi) is 4.04. The molecule has 0 unspecified atom stereocenters. The molecule has 0 saturated carbocycles. The predicted octanol–water partition coefficient (Wildman–Crippen LogP) is 2.18. The van der Waals surface area contributed by atoms with Crippen LogP contribution in [-0.4, -0.2) is 8.42 Å². The van der Waals surface area contributed by atoms with Crippen LogP contribution in [0.15, 0.2) is 41.3 Å². The number of nitrogens with zero attached hydrogens (tertiary/aromatic N) is 1. The number of nitrogen functional groups attached to an aromatic ring is 1. The normalized spacial score (nSPS) is 10.9. The summed E-state index contributed by atoms with van der Waals surface area (Å²) in [6, 6.07) is 10.8. The van der Waals surface area contributed by atoms with Crippen LogP contribution < -0.4 is 16.2 Å². The smallest absolute Gasteiger partial charge is 0.238 e. The molecule has 0 amide bonds. The Bertz CT molecular complexity index is 844. The van der Waals surface area contributed by atoms with Crippen LogP contribution in [0.5, 0.6) is 0 Å². The topological polar surface area (TPSA) is 122 Å². The molecule has 0 heterocycles. The van der Waals surface area contributed by atoms with Crippen molar-refractivity contribution in [1.29, 1.82) is 5.26 Å². The van der Waals surface area contributed by atoms with E-state index in [1.165, 1.54) is 18.2 Å². The molecule has 0 fully saturated rings. The lowest BCUT2D eigenvalue weighted by Gasteiger charge is -2.12. The van der Waals surface area contributed by atoms with Crippen molar-refractivity contribution < 1.29 is 8.42 Å². The van der Waals surface area contributed by atoms with Gasteiger partial charge >= 0.3 is 0 Å². The zero-order chi connectivity index (χ0) is 15.6. The van der Waals surface area contributed by atoms with Gasteiger partial charge in [0.2, 0.25) is 10.0 Å². The second-order valence-corrected chi connectivity index (χ2v) is 6.19. The summed E-state index contributed by atoms with van der Waals surface area (Å²) in [6.07, 6.45) is 0. The molecule has 0 aromatic heterocycles. The van der Waals surface area contributed by atoms with Gasteiger partial charge < -0.3 is 11.1 Å². The molecule has 2 aromatic rings. The van der Waals surface area contributed by atoms with Crippen LogP contribution in [0, 0.1) is 11.3 Å². The van der Waals surface area contributed by atoms with Gasteiger partial charge in [0, 0.05) is 0 Å². The van der Waals surface area contributed by atoms with Crippen molar-refractivity contribution in [3.63, 3.8) is 0 Å². The van der Waals surface area contributed by atoms with Gasteiger partial charge in [-0.05, 0) is 36.4 Å². The Labute approximate surface area is 127 Å². The van der Waals surface area contributed by atoms with Crippen LogP contribution >= 0.6 is 11.6 Å². The van der Waals surface area contributed by atoms with E-state index in [1.54, 1.807) is 18.2 Å². The Morgan fingerprint density at radius 3 is 2.43 bits per heavy atom. The van der Waals surface area contributed by atoms with Gasteiger partial charge in [-0.15, -0.1) is 0 Å². The van der Waals surface area contributed by atoms with Gasteiger partial charge in [-0.1, -0.05) is 11.6 Å². The molecule has 108 valence electrons. The lowest BCUT2D eigenvalue weighted by atomic mass is 10.2. The molecule has 0 aliphatic carbocycles. The van der Waals surface area contributed by atoms with E-state index in [1.807, 2.05) is 6.07 Å². The minimum atomic E-state index is -3.81. The number of rotatable bonds is 3. The average Bonchev–Trinajstić information content (AvgIpc) is 2.42. The van der Waals surface area contributed by atoms with Gasteiger partial charge in [0.25, 0.3) is 0 Å². The lowest BCUT2D eigenvalue weighted by Crippen LogP contribution is -2.12. The molecule has 2 rings (SSSR count). The van der Waals surface area contributed by atoms with Crippen molar-refractivity contribution in [2.24, 2.45) is 5.14 Å². The van der Waals surface area contributed by atoms with E-state index in [-0.39, 0.29) is 10.6 Å². The maximum atomic E-state index is 11.2. The number of benzene rings is 2. The molecule has 0 saturated heterocycles. The molecule has 0 atom stereocenters. The van der Waals surface area contributed by atoms with Crippen molar-refractivity contribution in [2.45, 2.75) is 4.90 Å². The quantitative estimate of drug-likeness (QED) is 0.747. The van der Waals surface area contributed by atoms with E-state index in [4.69, 9.17) is 27.7 Å². The third-order valence-electron chi connectivity index (χ3n) is 2.72. The first-order valence-corrected chi connectivity index (χ1v) is 7.62. The van der Waals surface area contributed by atoms with Crippen LogP contribution in [0.2, 0.25) is 5.02 Å². The van der Waals surface area contributed by atoms with Gasteiger partial charge in [0.1, 0.15) is 0 Å². The number of hydrogen-bond donors (Lipinski definition) is 3. The average molecular weight is 323 g/mol. The van der Waals surface area contributed by atoms with Gasteiger partial charge in [0.05, 0.1) is 38.6 Å². The summed E-state index contributed by atoms with van der Waals surface area (Å²) >= 11 is 6.03. The highest BCUT2D eigenvalue weighted by Gasteiger charge is 2.11. The van der Waals surface area contributed by atoms with Crippen molar-refractivity contribution >= 4 is 38.7 Å². The zero-order valence-electron chi connectivity index (χ0n) is 10.7. The first kappa shape index (κ1) is 15.1. The number of nitriles is 1. The SMILES string of the molecule is N#Cc1ccc(Cl)c(Nc2ccc(S(N)(=O)=O)cc2N)c1. The van der Waals surface area contributed by atoms with Crippen molar-refractivity contribution in [3.05, 3.63) is 47.0 Å². The Morgan fingerprint density at radius 1 is 1.14 bits per heavy atom. The maximum absolute atomic E-state index is 11.2. The number of primary sulfonamides is 1. The second kappa shape index (κ2) is 5.61. The molecule has 0 aliphatic rings. The fourth-order valence-electron chi connectivity index (χ4n) is 1.67. The largest absolute Gasteiger partial charge is 0.397 e. The number of anilines is 3. The number of sulfonamides is 1. The van der Waals surface area contributed by atoms with Crippen LogP contribution in [0.25, 0.3) is 0 Å². The molecular formula is C13H11ClN4O2S. The van der Waals surface area contributed by atoms with Gasteiger partial charge in [-0.2, -0.15) is 5.26 Å². The summed E-state index contributed by atoms with van der Waals surface area (Å²) in [5, 5.41) is 17.3. The molecule has 0 radical (unpaired) electrons. The molecule has 0 bridgehead atoms. The van der Waals surface area contributed by atoms with Crippen LogP contribution in [0.1, 0.15) is 5.56 Å². The monoisotopic (exact) mass is 322 g/mol. The highest BCUT2D eigenvalue weighted by molar-refractivity contribution is 7.89. The van der Waals surface area contributed by atoms with Gasteiger partial charge in [-0.3, -0.25) is 0 Å². The highest BCUT2D eigenvalue weighted by atomic mass is 35.5. The standard InChI is InChI=1S/C13H11ClN4O2S/c14-10-3-1-8(7-15)5-13(10)18-12-4-2-9(6-11(12)16)21(17,19)20/h1-6,18H,16H2,(H2,17,19,20). The molecule has 0 aliphatic heterocycles. The molecule has 2 aromatic carbocycles. The van der Waals surface area contributed by atoms with Crippen molar-refractivity contribution in [1.82, 2.24) is 0 Å². The zero-order valence-corrected chi connectivity index (χ0v) is 12.2. The summed E-state index contributed by atoms with van der Waals surface area (Å²) in [6.45, 7) is 0. The number of hydrogen-bond acceptors (Lipinski definition) is 5. The molecule has 5 N–H and O–H groups in total. The number of nitrogens with one attached hydrogen (secondary N) is 1. The second-order valence-electron chi connectivity index (χ2n) is 4.23. The summed E-state index contributed by atoms with van der Waals surface area (Å²) < 4.78 is 22.5. The lowest BCUT2D eigenvalue weighted by molar-refractivity contribution is 0.598. The molecule has 6 nitrogen and oxygen atoms in total. The summed E-state index contributed by atoms with van der Waals surface area (Å²) in [4.78, 5) is -0.0811. The number of nitrogens with two attached hydrogens (primary N) is 2.